The average Bonchev–Trinajstić information content (AvgIpc) is 3.49. The van der Waals surface area contributed by atoms with E-state index in [2.05, 4.69) is 141 Å². The summed E-state index contributed by atoms with van der Waals surface area (Å²) in [6, 6.07) is 20.3. The van der Waals surface area contributed by atoms with Crippen LogP contribution < -0.4 is 0 Å². The van der Waals surface area contributed by atoms with Crippen LogP contribution in [0.1, 0.15) is 97.7 Å². The van der Waals surface area contributed by atoms with Crippen LogP contribution in [0.3, 0.4) is 0 Å². The summed E-state index contributed by atoms with van der Waals surface area (Å²) >= 11 is -1.20. The molecule has 0 aromatic heterocycles. The van der Waals surface area contributed by atoms with E-state index < -0.39 is 39.9 Å². The maximum atomic E-state index is 7.52. The van der Waals surface area contributed by atoms with Crippen LogP contribution >= 0.6 is 0 Å². The van der Waals surface area contributed by atoms with E-state index in [1.54, 1.807) is 0 Å². The maximum absolute atomic E-state index is 7.52. The van der Waals surface area contributed by atoms with Crippen molar-refractivity contribution in [2.24, 2.45) is 0 Å². The van der Waals surface area contributed by atoms with Crippen LogP contribution in [0.2, 0.25) is 34.3 Å². The van der Waals surface area contributed by atoms with Gasteiger partial charge >= 0.3 is 278 Å². The molecule has 0 heterocycles. The van der Waals surface area contributed by atoms with Crippen LogP contribution in [-0.2, 0) is 32.1 Å². The first-order valence-electron chi connectivity index (χ1n) is 16.5. The molecule has 2 aromatic carbocycles. The summed E-state index contributed by atoms with van der Waals surface area (Å²) < 4.78 is 15.8. The van der Waals surface area contributed by atoms with E-state index in [1.165, 1.54) is 33.8 Å². The quantitative estimate of drug-likeness (QED) is 0.129. The van der Waals surface area contributed by atoms with Gasteiger partial charge in [0, 0.05) is 0 Å². The molecular weight excluding hydrogens is 636 g/mol. The number of allylic oxidation sites excluding steroid dienone is 4. The van der Waals surface area contributed by atoms with Gasteiger partial charge in [0.25, 0.3) is 0 Å². The number of benzene rings is 2. The standard InChI is InChI=1S/2C19H27OSi.Zr/c2*1-6-7-12-21(15(2)3,16(4)5)20-19-13-17-10-8-9-11-18(17)14-19;/h2*6,8-11,13-16H,1,7,12H2,2-5H3;. The second-order valence-corrected chi connectivity index (χ2v) is 27.3. The predicted octanol–water partition coefficient (Wildman–Crippen LogP) is 12.0. The molecule has 0 bridgehead atoms. The Morgan fingerprint density at radius 1 is 0.628 bits per heavy atom. The zero-order chi connectivity index (χ0) is 31.4. The summed E-state index contributed by atoms with van der Waals surface area (Å²) in [5, 5.41) is 0. The molecule has 230 valence electrons. The summed E-state index contributed by atoms with van der Waals surface area (Å²) in [6.45, 7) is 27.3. The Labute approximate surface area is 276 Å². The van der Waals surface area contributed by atoms with Crippen molar-refractivity contribution < 1.29 is 32.1 Å². The first kappa shape index (κ1) is 34.2. The fourth-order valence-corrected chi connectivity index (χ4v) is 21.2. The van der Waals surface area contributed by atoms with Crippen molar-refractivity contribution in [2.75, 3.05) is 0 Å². The summed E-state index contributed by atoms with van der Waals surface area (Å²) in [5.41, 5.74) is 7.75. The van der Waals surface area contributed by atoms with Crippen LogP contribution in [-0.4, -0.2) is 16.6 Å². The van der Waals surface area contributed by atoms with Crippen molar-refractivity contribution in [1.29, 1.82) is 0 Å². The van der Waals surface area contributed by atoms with Gasteiger partial charge in [-0.25, -0.2) is 0 Å². The third-order valence-electron chi connectivity index (χ3n) is 10.1. The zero-order valence-corrected chi connectivity index (χ0v) is 32.4. The molecule has 0 saturated carbocycles. The molecule has 2 unspecified atom stereocenters. The fraction of sp³-hybridized carbons (Fsp3) is 0.474. The Morgan fingerprint density at radius 2 is 0.977 bits per heavy atom. The van der Waals surface area contributed by atoms with Crippen molar-refractivity contribution in [3.63, 3.8) is 0 Å². The van der Waals surface area contributed by atoms with Crippen LogP contribution in [0.4, 0.5) is 0 Å². The van der Waals surface area contributed by atoms with Gasteiger partial charge in [-0.3, -0.25) is 0 Å². The molecule has 0 amide bonds. The first-order chi connectivity index (χ1) is 20.5. The van der Waals surface area contributed by atoms with Gasteiger partial charge in [0.2, 0.25) is 0 Å². The van der Waals surface area contributed by atoms with E-state index in [9.17, 15) is 0 Å². The molecule has 0 fully saturated rings. The molecule has 2 aliphatic carbocycles. The van der Waals surface area contributed by atoms with Crippen molar-refractivity contribution in [3.8, 4) is 0 Å². The molecule has 0 radical (unpaired) electrons. The van der Waals surface area contributed by atoms with Crippen molar-refractivity contribution in [3.05, 3.63) is 108 Å². The minimum absolute atomic E-state index is 0.374. The minimum atomic E-state index is -2.11. The Bertz CT molecular complexity index is 1220. The molecular formula is C38H54O2Si2Zr. The van der Waals surface area contributed by atoms with Crippen molar-refractivity contribution in [2.45, 2.75) is 110 Å². The zero-order valence-electron chi connectivity index (χ0n) is 28.0. The van der Waals surface area contributed by atoms with Gasteiger partial charge in [-0.05, 0) is 0 Å². The molecule has 4 rings (SSSR count). The Morgan fingerprint density at radius 3 is 1.30 bits per heavy atom. The van der Waals surface area contributed by atoms with Crippen molar-refractivity contribution >= 4 is 28.8 Å². The number of fused-ring (bicyclic) bond motifs is 2. The van der Waals surface area contributed by atoms with Crippen LogP contribution in [0, 0.1) is 0 Å². The summed E-state index contributed by atoms with van der Waals surface area (Å²) in [7, 11) is -4.21. The monoisotopic (exact) mass is 688 g/mol. The van der Waals surface area contributed by atoms with E-state index in [0.717, 1.165) is 24.9 Å². The van der Waals surface area contributed by atoms with Gasteiger partial charge < -0.3 is 0 Å². The third kappa shape index (κ3) is 6.95. The predicted molar refractivity (Wildman–Crippen MR) is 188 cm³/mol. The summed E-state index contributed by atoms with van der Waals surface area (Å²) in [4.78, 5) is 0. The van der Waals surface area contributed by atoms with E-state index in [4.69, 9.17) is 8.85 Å². The van der Waals surface area contributed by atoms with Crippen LogP contribution in [0.5, 0.6) is 0 Å². The first-order valence-corrected chi connectivity index (χ1v) is 23.8. The van der Waals surface area contributed by atoms with Crippen molar-refractivity contribution in [1.82, 2.24) is 0 Å². The average molecular weight is 690 g/mol. The SMILES string of the molecule is C=CCC[Si](OC1=Cc2ccccc2[CH]1[Zr][CH]1C(O[Si](CCC=C)(C(C)C)C(C)C)=Cc2ccccc21)(C(C)C)C(C)C. The second kappa shape index (κ2) is 14.6. The molecule has 2 nitrogen and oxygen atoms in total. The fourth-order valence-electron chi connectivity index (χ4n) is 7.43. The van der Waals surface area contributed by atoms with E-state index >= 15 is 0 Å². The molecule has 0 N–H and O–H groups in total. The Kier molecular flexibility index (Phi) is 11.6. The molecule has 5 heteroatoms. The van der Waals surface area contributed by atoms with Gasteiger partial charge in [-0.2, -0.15) is 0 Å². The van der Waals surface area contributed by atoms with Gasteiger partial charge in [0.05, 0.1) is 0 Å². The number of rotatable bonds is 16. The van der Waals surface area contributed by atoms with E-state index in [1.807, 2.05) is 0 Å². The Balaban J connectivity index is 1.76. The van der Waals surface area contributed by atoms with Gasteiger partial charge in [0.15, 0.2) is 0 Å². The van der Waals surface area contributed by atoms with Gasteiger partial charge in [0.1, 0.15) is 0 Å². The van der Waals surface area contributed by atoms with Gasteiger partial charge in [-0.1, -0.05) is 0 Å². The molecule has 2 aliphatic rings. The topological polar surface area (TPSA) is 18.5 Å². The number of hydrogen-bond acceptors (Lipinski definition) is 2. The molecule has 2 atom stereocenters. The molecule has 43 heavy (non-hydrogen) atoms. The molecule has 0 spiro atoms. The van der Waals surface area contributed by atoms with Gasteiger partial charge in [-0.15, -0.1) is 0 Å². The molecule has 2 aromatic rings. The molecule has 0 saturated heterocycles. The normalized spacial score (nSPS) is 18.0. The summed E-state index contributed by atoms with van der Waals surface area (Å²) in [6.07, 6.45) is 11.0. The van der Waals surface area contributed by atoms with E-state index in [0.29, 0.717) is 29.4 Å². The third-order valence-corrected chi connectivity index (χ3v) is 25.9. The Hall–Kier alpha value is -1.68. The van der Waals surface area contributed by atoms with Crippen LogP contribution in [0.25, 0.3) is 12.2 Å². The van der Waals surface area contributed by atoms with E-state index in [-0.39, 0.29) is 0 Å². The molecule has 0 aliphatic heterocycles. The summed E-state index contributed by atoms with van der Waals surface area (Å²) in [5.74, 6) is 2.50. The number of hydrogen-bond donors (Lipinski definition) is 0. The van der Waals surface area contributed by atoms with Crippen LogP contribution in [0.15, 0.2) is 85.4 Å². The second-order valence-electron chi connectivity index (χ2n) is 13.8.